The summed E-state index contributed by atoms with van der Waals surface area (Å²) in [6.45, 7) is 6.36. The summed E-state index contributed by atoms with van der Waals surface area (Å²) in [6.07, 6.45) is -4.65. The van der Waals surface area contributed by atoms with Crippen LogP contribution in [0.5, 0.6) is 0 Å². The second-order valence-corrected chi connectivity index (χ2v) is 6.97. The average Bonchev–Trinajstić information content (AvgIpc) is 2.64. The molecule has 0 aliphatic rings. The topological polar surface area (TPSA) is 84.3 Å². The van der Waals surface area contributed by atoms with Crippen LogP contribution in [0.2, 0.25) is 0 Å². The second kappa shape index (κ2) is 9.10. The molecule has 1 heterocycles. The van der Waals surface area contributed by atoms with Crippen molar-refractivity contribution in [3.05, 3.63) is 57.5 Å². The van der Waals surface area contributed by atoms with Crippen LogP contribution in [0.4, 0.5) is 13.2 Å². The van der Waals surface area contributed by atoms with Gasteiger partial charge in [0.2, 0.25) is 11.3 Å². The SMILES string of the molecule is CCN(CC(=O)NC(C)C)C(=O)c1nn(-c2ccccc2C(F)(F)F)c(C)cc1=O. The van der Waals surface area contributed by atoms with E-state index in [0.29, 0.717) is 0 Å². The van der Waals surface area contributed by atoms with E-state index in [-0.39, 0.29) is 30.5 Å². The number of aryl methyl sites for hydroxylation is 1. The van der Waals surface area contributed by atoms with Gasteiger partial charge in [0, 0.05) is 24.3 Å². The lowest BCUT2D eigenvalue weighted by Gasteiger charge is -2.21. The lowest BCUT2D eigenvalue weighted by atomic mass is 10.1. The first-order valence-corrected chi connectivity index (χ1v) is 9.31. The Hall–Kier alpha value is -3.17. The molecule has 1 aromatic heterocycles. The number of halogens is 3. The first-order chi connectivity index (χ1) is 14.0. The highest BCUT2D eigenvalue weighted by Gasteiger charge is 2.34. The van der Waals surface area contributed by atoms with Crippen molar-refractivity contribution in [3.8, 4) is 5.69 Å². The molecule has 1 N–H and O–H groups in total. The third-order valence-electron chi connectivity index (χ3n) is 4.20. The number of rotatable bonds is 6. The smallest absolute Gasteiger partial charge is 0.352 e. The van der Waals surface area contributed by atoms with Crippen molar-refractivity contribution in [3.63, 3.8) is 0 Å². The number of para-hydroxylation sites is 1. The van der Waals surface area contributed by atoms with Gasteiger partial charge in [-0.3, -0.25) is 14.4 Å². The van der Waals surface area contributed by atoms with Gasteiger partial charge in [-0.05, 0) is 39.8 Å². The van der Waals surface area contributed by atoms with Crippen LogP contribution in [-0.4, -0.2) is 45.6 Å². The largest absolute Gasteiger partial charge is 0.418 e. The van der Waals surface area contributed by atoms with E-state index in [2.05, 4.69) is 10.4 Å². The molecule has 30 heavy (non-hydrogen) atoms. The molecule has 10 heteroatoms. The molecule has 0 spiro atoms. The molecule has 1 aromatic carbocycles. The molecule has 2 rings (SSSR count). The summed E-state index contributed by atoms with van der Waals surface area (Å²) in [6, 6.07) is 5.65. The molecule has 0 saturated carbocycles. The number of aromatic nitrogens is 2. The van der Waals surface area contributed by atoms with E-state index in [1.54, 1.807) is 20.8 Å². The van der Waals surface area contributed by atoms with E-state index in [1.165, 1.54) is 25.1 Å². The molecular formula is C20H23F3N4O3. The normalized spacial score (nSPS) is 11.5. The predicted octanol–water partition coefficient (Wildman–Crippen LogP) is 2.55. The van der Waals surface area contributed by atoms with E-state index < -0.39 is 34.7 Å². The summed E-state index contributed by atoms with van der Waals surface area (Å²) in [5.41, 5.74) is -2.42. The number of hydrogen-bond acceptors (Lipinski definition) is 4. The van der Waals surface area contributed by atoms with Crippen molar-refractivity contribution in [2.24, 2.45) is 0 Å². The molecule has 0 bridgehead atoms. The zero-order valence-electron chi connectivity index (χ0n) is 17.1. The minimum absolute atomic E-state index is 0.110. The lowest BCUT2D eigenvalue weighted by molar-refractivity contribution is -0.137. The summed E-state index contributed by atoms with van der Waals surface area (Å²) in [7, 11) is 0. The Balaban J connectivity index is 2.51. The quantitative estimate of drug-likeness (QED) is 0.773. The molecular weight excluding hydrogens is 401 g/mol. The zero-order valence-corrected chi connectivity index (χ0v) is 17.1. The van der Waals surface area contributed by atoms with Crippen molar-refractivity contribution in [2.75, 3.05) is 13.1 Å². The maximum atomic E-state index is 13.4. The Morgan fingerprint density at radius 3 is 2.43 bits per heavy atom. The fourth-order valence-electron chi connectivity index (χ4n) is 2.86. The molecule has 0 unspecified atom stereocenters. The van der Waals surface area contributed by atoms with Gasteiger partial charge in [0.1, 0.15) is 0 Å². The van der Waals surface area contributed by atoms with Crippen molar-refractivity contribution in [1.82, 2.24) is 20.0 Å². The fraction of sp³-hybridized carbons (Fsp3) is 0.400. The van der Waals surface area contributed by atoms with Crippen molar-refractivity contribution in [2.45, 2.75) is 39.9 Å². The first-order valence-electron chi connectivity index (χ1n) is 9.31. The van der Waals surface area contributed by atoms with Gasteiger partial charge < -0.3 is 10.2 Å². The summed E-state index contributed by atoms with van der Waals surface area (Å²) in [5, 5.41) is 6.57. The zero-order chi connectivity index (χ0) is 22.6. The molecule has 0 aliphatic carbocycles. The molecule has 0 atom stereocenters. The molecule has 0 radical (unpaired) electrons. The van der Waals surface area contributed by atoms with Crippen LogP contribution >= 0.6 is 0 Å². The maximum Gasteiger partial charge on any atom is 0.418 e. The molecule has 162 valence electrons. The molecule has 2 aromatic rings. The Labute approximate surface area is 171 Å². The Morgan fingerprint density at radius 1 is 1.23 bits per heavy atom. The van der Waals surface area contributed by atoms with E-state index >= 15 is 0 Å². The number of carbonyl (C=O) groups is 2. The molecule has 7 nitrogen and oxygen atoms in total. The fourth-order valence-corrected chi connectivity index (χ4v) is 2.86. The summed E-state index contributed by atoms with van der Waals surface area (Å²) in [5.74, 6) is -1.25. The van der Waals surface area contributed by atoms with Crippen LogP contribution in [-0.2, 0) is 11.0 Å². The molecule has 2 amide bonds. The van der Waals surface area contributed by atoms with Gasteiger partial charge in [-0.15, -0.1) is 0 Å². The van der Waals surface area contributed by atoms with E-state index in [1.807, 2.05) is 0 Å². The minimum atomic E-state index is -4.65. The van der Waals surface area contributed by atoms with E-state index in [0.717, 1.165) is 21.7 Å². The van der Waals surface area contributed by atoms with Gasteiger partial charge in [0.15, 0.2) is 5.69 Å². The monoisotopic (exact) mass is 424 g/mol. The van der Waals surface area contributed by atoms with Gasteiger partial charge >= 0.3 is 6.18 Å². The van der Waals surface area contributed by atoms with Gasteiger partial charge in [0.05, 0.1) is 17.8 Å². The maximum absolute atomic E-state index is 13.4. The van der Waals surface area contributed by atoms with Crippen molar-refractivity contribution >= 4 is 11.8 Å². The Kier molecular flexibility index (Phi) is 7.01. The van der Waals surface area contributed by atoms with Crippen LogP contribution in [0, 0.1) is 6.92 Å². The van der Waals surface area contributed by atoms with E-state index in [9.17, 15) is 27.6 Å². The van der Waals surface area contributed by atoms with Gasteiger partial charge in [-0.1, -0.05) is 12.1 Å². The van der Waals surface area contributed by atoms with E-state index in [4.69, 9.17) is 0 Å². The third kappa shape index (κ3) is 5.25. The average molecular weight is 424 g/mol. The van der Waals surface area contributed by atoms with Crippen LogP contribution in [0.3, 0.4) is 0 Å². The minimum Gasteiger partial charge on any atom is -0.352 e. The van der Waals surface area contributed by atoms with Gasteiger partial charge in [-0.2, -0.15) is 18.3 Å². The van der Waals surface area contributed by atoms with Gasteiger partial charge in [-0.25, -0.2) is 4.68 Å². The number of likely N-dealkylation sites (N-methyl/N-ethyl adjacent to an activating group) is 1. The van der Waals surface area contributed by atoms with Crippen LogP contribution in [0.1, 0.15) is 42.5 Å². The second-order valence-electron chi connectivity index (χ2n) is 6.97. The summed E-state index contributed by atoms with van der Waals surface area (Å²) in [4.78, 5) is 38.3. The highest BCUT2D eigenvalue weighted by molar-refractivity contribution is 5.94. The highest BCUT2D eigenvalue weighted by atomic mass is 19.4. The highest BCUT2D eigenvalue weighted by Crippen LogP contribution is 2.33. The number of hydrogen-bond donors (Lipinski definition) is 1. The standard InChI is InChI=1S/C20H23F3N4O3/c1-5-26(11-17(29)24-12(2)3)19(30)18-16(28)10-13(4)27(25-18)15-9-7-6-8-14(15)20(21,22)23/h6-10,12H,5,11H2,1-4H3,(H,24,29). The number of nitrogens with zero attached hydrogens (tertiary/aromatic N) is 3. The molecule has 0 saturated heterocycles. The van der Waals surface area contributed by atoms with Gasteiger partial charge in [0.25, 0.3) is 5.91 Å². The number of carbonyl (C=O) groups excluding carboxylic acids is 2. The van der Waals surface area contributed by atoms with Crippen LogP contribution in [0.15, 0.2) is 35.1 Å². The third-order valence-corrected chi connectivity index (χ3v) is 4.20. The molecule has 0 fully saturated rings. The van der Waals surface area contributed by atoms with Crippen molar-refractivity contribution in [1.29, 1.82) is 0 Å². The van der Waals surface area contributed by atoms with Crippen molar-refractivity contribution < 1.29 is 22.8 Å². The number of nitrogens with one attached hydrogen (secondary N) is 1. The first kappa shape index (κ1) is 23.1. The molecule has 0 aliphatic heterocycles. The van der Waals surface area contributed by atoms with Crippen LogP contribution in [0.25, 0.3) is 5.69 Å². The van der Waals surface area contributed by atoms with Crippen LogP contribution < -0.4 is 10.7 Å². The summed E-state index contributed by atoms with van der Waals surface area (Å²) < 4.78 is 41.2. The Bertz CT molecular complexity index is 1000. The summed E-state index contributed by atoms with van der Waals surface area (Å²) >= 11 is 0. The number of benzene rings is 1. The Morgan fingerprint density at radius 2 is 1.87 bits per heavy atom. The number of amides is 2. The predicted molar refractivity (Wildman–Crippen MR) is 104 cm³/mol. The number of alkyl halides is 3. The lowest BCUT2D eigenvalue weighted by Crippen LogP contribution is -2.44.